The normalized spacial score (nSPS) is 19.7. The van der Waals surface area contributed by atoms with E-state index in [1.165, 1.54) is 50.7 Å². The molecule has 0 radical (unpaired) electrons. The highest BCUT2D eigenvalue weighted by Crippen LogP contribution is 2.32. The van der Waals surface area contributed by atoms with Crippen LogP contribution in [0.1, 0.15) is 62.5 Å². The highest BCUT2D eigenvalue weighted by Gasteiger charge is 2.30. The van der Waals surface area contributed by atoms with Crippen LogP contribution in [0.4, 0.5) is 13.2 Å². The molecule has 0 aromatic heterocycles. The van der Waals surface area contributed by atoms with E-state index >= 15 is 0 Å². The first-order valence-electron chi connectivity index (χ1n) is 11.0. The van der Waals surface area contributed by atoms with Crippen molar-refractivity contribution in [3.05, 3.63) is 48.0 Å². The molecule has 1 aliphatic rings. The van der Waals surface area contributed by atoms with Crippen LogP contribution in [0.3, 0.4) is 0 Å². The van der Waals surface area contributed by atoms with E-state index in [1.54, 1.807) is 0 Å². The largest absolute Gasteiger partial charge is 0.416 e. The first-order valence-corrected chi connectivity index (χ1v) is 11.4. The van der Waals surface area contributed by atoms with Gasteiger partial charge in [0.25, 0.3) is 0 Å². The molecule has 0 N–H and O–H groups in total. The predicted octanol–water partition coefficient (Wildman–Crippen LogP) is 6.55. The number of hydrogen-bond acceptors (Lipinski definition) is 2. The molecule has 1 aromatic rings. The van der Waals surface area contributed by atoms with Gasteiger partial charge in [-0.1, -0.05) is 49.7 Å². The number of halogens is 3. The van der Waals surface area contributed by atoms with Crippen LogP contribution in [0.25, 0.3) is 0 Å². The summed E-state index contributed by atoms with van der Waals surface area (Å²) in [5, 5.41) is 0. The smallest absolute Gasteiger partial charge is 0.362 e. The molecule has 0 aliphatic heterocycles. The van der Waals surface area contributed by atoms with Crippen LogP contribution in [0.15, 0.2) is 36.9 Å². The maximum absolute atomic E-state index is 12.8. The molecule has 1 saturated carbocycles. The molecule has 30 heavy (non-hydrogen) atoms. The molecular formula is C24H35F3N2S. The van der Waals surface area contributed by atoms with Crippen molar-refractivity contribution >= 4 is 17.2 Å². The molecule has 0 heterocycles. The zero-order valence-electron chi connectivity index (χ0n) is 18.3. The van der Waals surface area contributed by atoms with Crippen LogP contribution in [0, 0.1) is 5.92 Å². The van der Waals surface area contributed by atoms with Gasteiger partial charge in [0.05, 0.1) is 5.56 Å². The summed E-state index contributed by atoms with van der Waals surface area (Å²) in [4.78, 5) is 5.02. The van der Waals surface area contributed by atoms with E-state index in [0.717, 1.165) is 44.0 Å². The second-order valence-corrected chi connectivity index (χ2v) is 8.95. The van der Waals surface area contributed by atoms with Gasteiger partial charge in [-0.2, -0.15) is 13.2 Å². The first kappa shape index (κ1) is 24.9. The minimum atomic E-state index is -4.31. The maximum Gasteiger partial charge on any atom is 0.416 e. The van der Waals surface area contributed by atoms with Crippen molar-refractivity contribution in [3.8, 4) is 0 Å². The van der Waals surface area contributed by atoms with Gasteiger partial charge in [0.15, 0.2) is 0 Å². The monoisotopic (exact) mass is 440 g/mol. The minimum absolute atomic E-state index is 0.378. The van der Waals surface area contributed by atoms with E-state index in [4.69, 9.17) is 12.2 Å². The fourth-order valence-corrected chi connectivity index (χ4v) is 4.58. The van der Waals surface area contributed by atoms with Crippen molar-refractivity contribution in [2.75, 3.05) is 27.2 Å². The minimum Gasteiger partial charge on any atom is -0.362 e. The van der Waals surface area contributed by atoms with Gasteiger partial charge >= 0.3 is 6.18 Å². The molecule has 0 unspecified atom stereocenters. The van der Waals surface area contributed by atoms with Crippen molar-refractivity contribution in [1.29, 1.82) is 0 Å². The SMILES string of the molecule is C=CCN(C)CCCCCC1CCC(N(C)C(=S)c2ccc(C(F)(F)F)cc2)CC1. The molecule has 168 valence electrons. The van der Waals surface area contributed by atoms with E-state index < -0.39 is 11.7 Å². The van der Waals surface area contributed by atoms with Gasteiger partial charge in [-0.25, -0.2) is 0 Å². The number of unbranched alkanes of at least 4 members (excludes halogenated alkanes) is 2. The molecule has 2 nitrogen and oxygen atoms in total. The molecule has 6 heteroatoms. The van der Waals surface area contributed by atoms with Crippen molar-refractivity contribution in [2.45, 2.75) is 63.6 Å². The van der Waals surface area contributed by atoms with Crippen molar-refractivity contribution in [2.24, 2.45) is 5.92 Å². The van der Waals surface area contributed by atoms with Gasteiger partial charge in [-0.05, 0) is 63.7 Å². The summed E-state index contributed by atoms with van der Waals surface area (Å²) in [5.41, 5.74) is 0.0496. The number of nitrogens with zero attached hydrogens (tertiary/aromatic N) is 2. The third kappa shape index (κ3) is 7.69. The van der Waals surface area contributed by atoms with Crippen molar-refractivity contribution in [3.63, 3.8) is 0 Å². The summed E-state index contributed by atoms with van der Waals surface area (Å²) in [6, 6.07) is 5.58. The lowest BCUT2D eigenvalue weighted by Gasteiger charge is -2.36. The van der Waals surface area contributed by atoms with Crippen LogP contribution in [-0.2, 0) is 6.18 Å². The Hall–Kier alpha value is -1.40. The Bertz CT molecular complexity index is 664. The van der Waals surface area contributed by atoms with E-state index in [-0.39, 0.29) is 0 Å². The zero-order valence-corrected chi connectivity index (χ0v) is 19.1. The molecule has 1 aliphatic carbocycles. The Labute approximate surface area is 185 Å². The lowest BCUT2D eigenvalue weighted by atomic mass is 9.82. The molecule has 0 saturated heterocycles. The average Bonchev–Trinajstić information content (AvgIpc) is 2.72. The molecular weight excluding hydrogens is 405 g/mol. The van der Waals surface area contributed by atoms with Crippen molar-refractivity contribution in [1.82, 2.24) is 9.80 Å². The summed E-state index contributed by atoms with van der Waals surface area (Å²) in [7, 11) is 4.11. The maximum atomic E-state index is 12.8. The first-order chi connectivity index (χ1) is 14.2. The van der Waals surface area contributed by atoms with Crippen molar-refractivity contribution < 1.29 is 13.2 Å². The summed E-state index contributed by atoms with van der Waals surface area (Å²) >= 11 is 5.56. The molecule has 2 rings (SSSR count). The topological polar surface area (TPSA) is 6.48 Å². The fraction of sp³-hybridized carbons (Fsp3) is 0.625. The van der Waals surface area contributed by atoms with Gasteiger partial charge in [0, 0.05) is 25.2 Å². The summed E-state index contributed by atoms with van der Waals surface area (Å²) in [5.74, 6) is 0.792. The number of likely N-dealkylation sites (N-methyl/N-ethyl adjacent to an activating group) is 1. The predicted molar refractivity (Wildman–Crippen MR) is 123 cm³/mol. The lowest BCUT2D eigenvalue weighted by Crippen LogP contribution is -2.39. The Kier molecular flexibility index (Phi) is 9.82. The molecule has 1 fully saturated rings. The summed E-state index contributed by atoms with van der Waals surface area (Å²) in [6.07, 6.45) is 7.35. The van der Waals surface area contributed by atoms with Gasteiger partial charge in [0.1, 0.15) is 4.99 Å². The zero-order chi connectivity index (χ0) is 22.1. The molecule has 0 spiro atoms. The molecule has 0 bridgehead atoms. The van der Waals surface area contributed by atoms with Crippen LogP contribution >= 0.6 is 12.2 Å². The van der Waals surface area contributed by atoms with E-state index in [0.29, 0.717) is 16.6 Å². The van der Waals surface area contributed by atoms with Crippen LogP contribution in [0.5, 0.6) is 0 Å². The van der Waals surface area contributed by atoms with Gasteiger partial charge in [-0.3, -0.25) is 0 Å². The average molecular weight is 441 g/mol. The van der Waals surface area contributed by atoms with Gasteiger partial charge < -0.3 is 9.80 Å². The highest BCUT2D eigenvalue weighted by molar-refractivity contribution is 7.80. The Balaban J connectivity index is 1.71. The molecule has 0 atom stereocenters. The van der Waals surface area contributed by atoms with Crippen LogP contribution < -0.4 is 0 Å². The van der Waals surface area contributed by atoms with E-state index in [1.807, 2.05) is 13.1 Å². The second kappa shape index (κ2) is 11.8. The van der Waals surface area contributed by atoms with E-state index in [2.05, 4.69) is 23.4 Å². The highest BCUT2D eigenvalue weighted by atomic mass is 32.1. The quantitative estimate of drug-likeness (QED) is 0.231. The van der Waals surface area contributed by atoms with Crippen LogP contribution in [0.2, 0.25) is 0 Å². The molecule has 1 aromatic carbocycles. The summed E-state index contributed by atoms with van der Waals surface area (Å²) in [6.45, 7) is 5.85. The van der Waals surface area contributed by atoms with E-state index in [9.17, 15) is 13.2 Å². The summed E-state index contributed by atoms with van der Waals surface area (Å²) < 4.78 is 38.3. The van der Waals surface area contributed by atoms with Crippen LogP contribution in [-0.4, -0.2) is 48.0 Å². The second-order valence-electron chi connectivity index (χ2n) is 8.57. The number of thiocarbonyl (C=S) groups is 1. The fourth-order valence-electron chi connectivity index (χ4n) is 4.30. The Morgan fingerprint density at radius 2 is 1.70 bits per heavy atom. The molecule has 0 amide bonds. The van der Waals surface area contributed by atoms with Gasteiger partial charge in [0.2, 0.25) is 0 Å². The standard InChI is InChI=1S/C24H35F3N2S/c1-4-17-28(2)18-7-5-6-8-19-9-15-22(16-10-19)29(3)23(30)20-11-13-21(14-12-20)24(25,26)27/h4,11-14,19,22H,1,5-10,15-18H2,2-3H3. The lowest BCUT2D eigenvalue weighted by molar-refractivity contribution is -0.137. The van der Waals surface area contributed by atoms with Gasteiger partial charge in [-0.15, -0.1) is 6.58 Å². The number of alkyl halides is 3. The number of rotatable bonds is 10. The number of benzene rings is 1. The number of hydrogen-bond donors (Lipinski definition) is 0. The third-order valence-corrected chi connectivity index (χ3v) is 6.76. The Morgan fingerprint density at radius 3 is 2.27 bits per heavy atom. The Morgan fingerprint density at radius 1 is 1.07 bits per heavy atom. The third-order valence-electron chi connectivity index (χ3n) is 6.24.